The van der Waals surface area contributed by atoms with Crippen LogP contribution in [-0.2, 0) is 6.42 Å². The Bertz CT molecular complexity index is 1010. The molecule has 0 amide bonds. The molecule has 0 N–H and O–H groups in total. The summed E-state index contributed by atoms with van der Waals surface area (Å²) in [6.45, 7) is 6.13. The van der Waals surface area contributed by atoms with Crippen LogP contribution in [0.3, 0.4) is 0 Å². The molecule has 4 aromatic rings. The lowest BCUT2D eigenvalue weighted by Gasteiger charge is -2.07. The second kappa shape index (κ2) is 5.15. The first kappa shape index (κ1) is 13.9. The number of hydrogen-bond acceptors (Lipinski definition) is 4. The summed E-state index contributed by atoms with van der Waals surface area (Å²) in [6, 6.07) is 10.1. The van der Waals surface area contributed by atoms with Gasteiger partial charge in [0.15, 0.2) is 11.5 Å². The lowest BCUT2D eigenvalue weighted by Crippen LogP contribution is -2.10. The Morgan fingerprint density at radius 2 is 1.87 bits per heavy atom. The third-order valence-corrected chi connectivity index (χ3v) is 3.88. The summed E-state index contributed by atoms with van der Waals surface area (Å²) in [7, 11) is 0. The highest BCUT2D eigenvalue weighted by atomic mass is 15.4. The van der Waals surface area contributed by atoms with Crippen molar-refractivity contribution in [3.63, 3.8) is 0 Å². The topological polar surface area (TPSA) is 60.9 Å². The van der Waals surface area contributed by atoms with E-state index < -0.39 is 0 Å². The van der Waals surface area contributed by atoms with Crippen molar-refractivity contribution in [1.82, 2.24) is 29.4 Å². The second-order valence-electron chi connectivity index (χ2n) is 5.78. The molecule has 0 aliphatic carbocycles. The molecule has 6 nitrogen and oxygen atoms in total. The maximum atomic E-state index is 4.78. The molecule has 0 atom stereocenters. The third-order valence-electron chi connectivity index (χ3n) is 3.88. The maximum Gasteiger partial charge on any atom is 0.254 e. The molecule has 0 radical (unpaired) electrons. The number of nitrogens with zero attached hydrogens (tertiary/aromatic N) is 6. The van der Waals surface area contributed by atoms with Crippen LogP contribution in [0.4, 0.5) is 0 Å². The van der Waals surface area contributed by atoms with Crippen LogP contribution in [-0.4, -0.2) is 29.4 Å². The first-order valence-electron chi connectivity index (χ1n) is 7.85. The van der Waals surface area contributed by atoms with Crippen molar-refractivity contribution in [2.45, 2.75) is 33.6 Å². The van der Waals surface area contributed by atoms with Crippen LogP contribution in [0.25, 0.3) is 22.5 Å². The number of hydrogen-bond donors (Lipinski definition) is 0. The highest BCUT2D eigenvalue weighted by molar-refractivity contribution is 5.91. The average molecular weight is 306 g/mol. The van der Waals surface area contributed by atoms with Crippen molar-refractivity contribution in [2.75, 3.05) is 0 Å². The smallest absolute Gasteiger partial charge is 0.211 e. The SMILES string of the molecule is CCCc1nc2c3ccccc3nc(-n3nc(C)cc3C)n2n1. The van der Waals surface area contributed by atoms with Gasteiger partial charge in [0.05, 0.1) is 11.2 Å². The monoisotopic (exact) mass is 306 g/mol. The van der Waals surface area contributed by atoms with E-state index in [0.717, 1.165) is 46.6 Å². The quantitative estimate of drug-likeness (QED) is 0.583. The molecular weight excluding hydrogens is 288 g/mol. The first-order valence-corrected chi connectivity index (χ1v) is 7.85. The van der Waals surface area contributed by atoms with Crippen LogP contribution in [0.1, 0.15) is 30.6 Å². The van der Waals surface area contributed by atoms with Gasteiger partial charge in [0, 0.05) is 17.5 Å². The Morgan fingerprint density at radius 1 is 1.04 bits per heavy atom. The van der Waals surface area contributed by atoms with Gasteiger partial charge in [-0.05, 0) is 38.5 Å². The standard InChI is InChI=1S/C17H18N6/c1-4-7-15-19-16-13-8-5-6-9-14(13)18-17(23(16)21-15)22-12(3)10-11(2)20-22/h5-6,8-10H,4,7H2,1-3H3. The summed E-state index contributed by atoms with van der Waals surface area (Å²) in [4.78, 5) is 9.51. The predicted molar refractivity (Wildman–Crippen MR) is 88.9 cm³/mol. The fourth-order valence-electron chi connectivity index (χ4n) is 2.88. The summed E-state index contributed by atoms with van der Waals surface area (Å²) in [6.07, 6.45) is 1.87. The zero-order valence-corrected chi connectivity index (χ0v) is 13.5. The number of fused-ring (bicyclic) bond motifs is 3. The largest absolute Gasteiger partial charge is 0.254 e. The van der Waals surface area contributed by atoms with Gasteiger partial charge in [-0.15, -0.1) is 5.10 Å². The Morgan fingerprint density at radius 3 is 2.61 bits per heavy atom. The first-order chi connectivity index (χ1) is 11.2. The van der Waals surface area contributed by atoms with Crippen molar-refractivity contribution in [1.29, 1.82) is 0 Å². The van der Waals surface area contributed by atoms with Gasteiger partial charge in [0.2, 0.25) is 0 Å². The molecule has 0 spiro atoms. The van der Waals surface area contributed by atoms with Gasteiger partial charge in [-0.1, -0.05) is 19.1 Å². The summed E-state index contributed by atoms with van der Waals surface area (Å²) in [5.41, 5.74) is 3.72. The molecule has 0 saturated carbocycles. The normalized spacial score (nSPS) is 11.6. The zero-order valence-electron chi connectivity index (χ0n) is 13.5. The van der Waals surface area contributed by atoms with E-state index in [0.29, 0.717) is 5.95 Å². The fourth-order valence-corrected chi connectivity index (χ4v) is 2.88. The van der Waals surface area contributed by atoms with Gasteiger partial charge in [-0.3, -0.25) is 0 Å². The van der Waals surface area contributed by atoms with Crippen molar-refractivity contribution in [3.05, 3.63) is 47.5 Å². The Labute approximate surface area is 133 Å². The van der Waals surface area contributed by atoms with Gasteiger partial charge in [-0.2, -0.15) is 9.61 Å². The van der Waals surface area contributed by atoms with E-state index in [1.165, 1.54) is 0 Å². The second-order valence-corrected chi connectivity index (χ2v) is 5.78. The van der Waals surface area contributed by atoms with Gasteiger partial charge < -0.3 is 0 Å². The Hall–Kier alpha value is -2.76. The van der Waals surface area contributed by atoms with Crippen LogP contribution in [0, 0.1) is 13.8 Å². The molecule has 0 saturated heterocycles. The fraction of sp³-hybridized carbons (Fsp3) is 0.294. The number of benzene rings is 1. The van der Waals surface area contributed by atoms with Gasteiger partial charge in [-0.25, -0.2) is 14.6 Å². The number of para-hydroxylation sites is 1. The van der Waals surface area contributed by atoms with E-state index in [9.17, 15) is 0 Å². The lowest BCUT2D eigenvalue weighted by atomic mass is 10.2. The molecule has 3 aromatic heterocycles. The van der Waals surface area contributed by atoms with E-state index in [2.05, 4.69) is 17.1 Å². The van der Waals surface area contributed by atoms with Gasteiger partial charge in [0.1, 0.15) is 0 Å². The highest BCUT2D eigenvalue weighted by Gasteiger charge is 2.16. The molecule has 0 unspecified atom stereocenters. The molecule has 0 fully saturated rings. The number of rotatable bonds is 3. The molecule has 6 heteroatoms. The molecule has 4 rings (SSSR count). The third kappa shape index (κ3) is 2.18. The highest BCUT2D eigenvalue weighted by Crippen LogP contribution is 2.21. The van der Waals surface area contributed by atoms with E-state index >= 15 is 0 Å². The van der Waals surface area contributed by atoms with E-state index in [4.69, 9.17) is 9.97 Å². The van der Waals surface area contributed by atoms with Crippen molar-refractivity contribution >= 4 is 16.6 Å². The summed E-state index contributed by atoms with van der Waals surface area (Å²) >= 11 is 0. The number of aromatic nitrogens is 6. The van der Waals surface area contributed by atoms with Crippen LogP contribution >= 0.6 is 0 Å². The summed E-state index contributed by atoms with van der Waals surface area (Å²) < 4.78 is 3.64. The molecule has 1 aromatic carbocycles. The molecule has 3 heterocycles. The van der Waals surface area contributed by atoms with Gasteiger partial charge >= 0.3 is 0 Å². The minimum atomic E-state index is 0.680. The zero-order chi connectivity index (χ0) is 16.0. The van der Waals surface area contributed by atoms with Crippen molar-refractivity contribution < 1.29 is 0 Å². The molecule has 0 bridgehead atoms. The lowest BCUT2D eigenvalue weighted by molar-refractivity contribution is 0.722. The van der Waals surface area contributed by atoms with E-state index in [1.807, 2.05) is 53.4 Å². The molecule has 0 aliphatic heterocycles. The predicted octanol–water partition coefficient (Wildman–Crippen LogP) is 3.03. The minimum Gasteiger partial charge on any atom is -0.211 e. The molecular formula is C17H18N6. The Balaban J connectivity index is 2.10. The molecule has 23 heavy (non-hydrogen) atoms. The number of aryl methyl sites for hydroxylation is 3. The average Bonchev–Trinajstić information content (AvgIpc) is 3.10. The van der Waals surface area contributed by atoms with E-state index in [1.54, 1.807) is 0 Å². The maximum absolute atomic E-state index is 4.78. The molecule has 0 aliphatic rings. The molecule has 116 valence electrons. The van der Waals surface area contributed by atoms with Crippen molar-refractivity contribution in [2.24, 2.45) is 0 Å². The van der Waals surface area contributed by atoms with Gasteiger partial charge in [0.25, 0.3) is 5.95 Å². The van der Waals surface area contributed by atoms with Crippen molar-refractivity contribution in [3.8, 4) is 5.95 Å². The summed E-state index contributed by atoms with van der Waals surface area (Å²) in [5.74, 6) is 1.52. The Kier molecular flexibility index (Phi) is 3.11. The minimum absolute atomic E-state index is 0.680. The van der Waals surface area contributed by atoms with Crippen LogP contribution < -0.4 is 0 Å². The van der Waals surface area contributed by atoms with Crippen LogP contribution in [0.2, 0.25) is 0 Å². The van der Waals surface area contributed by atoms with Crippen LogP contribution in [0.5, 0.6) is 0 Å². The van der Waals surface area contributed by atoms with Crippen LogP contribution in [0.15, 0.2) is 30.3 Å². The summed E-state index contributed by atoms with van der Waals surface area (Å²) in [5, 5.41) is 10.2. The van der Waals surface area contributed by atoms with E-state index in [-0.39, 0.29) is 0 Å².